The number of amides is 1. The van der Waals surface area contributed by atoms with Gasteiger partial charge in [0, 0.05) is 70.9 Å². The molecule has 0 unspecified atom stereocenters. The quantitative estimate of drug-likeness (QED) is 0.550. The molecule has 2 atom stereocenters. The summed E-state index contributed by atoms with van der Waals surface area (Å²) in [6.07, 6.45) is 6.12. The summed E-state index contributed by atoms with van der Waals surface area (Å²) in [4.78, 5) is 25.4. The fourth-order valence-electron chi connectivity index (χ4n) is 7.70. The fourth-order valence-corrected chi connectivity index (χ4v) is 7.70. The van der Waals surface area contributed by atoms with Crippen LogP contribution in [0, 0.1) is 11.7 Å². The Morgan fingerprint density at radius 1 is 0.825 bits per heavy atom. The van der Waals surface area contributed by atoms with Crippen molar-refractivity contribution in [2.24, 2.45) is 5.92 Å². The maximum atomic E-state index is 14.5. The second-order valence-corrected chi connectivity index (χ2v) is 12.5. The summed E-state index contributed by atoms with van der Waals surface area (Å²) in [7, 11) is 2.16. The minimum absolute atomic E-state index is 0.127. The van der Waals surface area contributed by atoms with Gasteiger partial charge in [-0.05, 0) is 81.4 Å². The zero-order chi connectivity index (χ0) is 27.5. The summed E-state index contributed by atoms with van der Waals surface area (Å²) in [5.74, 6) is 0.692. The molecule has 0 spiro atoms. The zero-order valence-electron chi connectivity index (χ0n) is 24.2. The smallest absolute Gasteiger partial charge is 0.222 e. The summed E-state index contributed by atoms with van der Waals surface area (Å²) in [5.41, 5.74) is 3.75. The van der Waals surface area contributed by atoms with Crippen LogP contribution in [0.25, 0.3) is 0 Å². The van der Waals surface area contributed by atoms with Gasteiger partial charge in [-0.15, -0.1) is 0 Å². The van der Waals surface area contributed by atoms with Crippen LogP contribution in [0.4, 0.5) is 10.1 Å². The summed E-state index contributed by atoms with van der Waals surface area (Å²) < 4.78 is 14.5. The van der Waals surface area contributed by atoms with Crippen molar-refractivity contribution >= 4 is 11.6 Å². The Bertz CT molecular complexity index is 1130. The van der Waals surface area contributed by atoms with Gasteiger partial charge in [0.2, 0.25) is 5.91 Å². The predicted octanol–water partition coefficient (Wildman–Crippen LogP) is 3.75. The molecule has 0 saturated carbocycles. The Balaban J connectivity index is 1.11. The van der Waals surface area contributed by atoms with Gasteiger partial charge >= 0.3 is 0 Å². The van der Waals surface area contributed by atoms with Crippen LogP contribution in [0.1, 0.15) is 36.8 Å². The number of benzene rings is 2. The first-order valence-corrected chi connectivity index (χ1v) is 15.6. The van der Waals surface area contributed by atoms with E-state index < -0.39 is 0 Å². The lowest BCUT2D eigenvalue weighted by Gasteiger charge is -2.48. The van der Waals surface area contributed by atoms with Crippen LogP contribution in [0.5, 0.6) is 0 Å². The first kappa shape index (κ1) is 27.7. The molecule has 40 heavy (non-hydrogen) atoms. The Kier molecular flexibility index (Phi) is 8.70. The first-order valence-electron chi connectivity index (χ1n) is 15.6. The van der Waals surface area contributed by atoms with Gasteiger partial charge in [0.1, 0.15) is 5.82 Å². The summed E-state index contributed by atoms with van der Waals surface area (Å²) >= 11 is 0. The van der Waals surface area contributed by atoms with Gasteiger partial charge in [0.25, 0.3) is 0 Å². The van der Waals surface area contributed by atoms with E-state index in [-0.39, 0.29) is 5.82 Å². The Hall–Kier alpha value is -2.48. The Labute approximate surface area is 239 Å². The van der Waals surface area contributed by atoms with Gasteiger partial charge in [0.05, 0.1) is 5.69 Å². The van der Waals surface area contributed by atoms with Crippen molar-refractivity contribution in [1.29, 1.82) is 0 Å². The van der Waals surface area contributed by atoms with Gasteiger partial charge < -0.3 is 14.7 Å². The molecule has 2 aromatic carbocycles. The van der Waals surface area contributed by atoms with E-state index in [1.54, 1.807) is 12.1 Å². The van der Waals surface area contributed by atoms with Gasteiger partial charge in [-0.2, -0.15) is 0 Å². The maximum absolute atomic E-state index is 14.5. The number of fused-ring (bicyclic) bond motifs is 1. The van der Waals surface area contributed by atoms with Gasteiger partial charge in [-0.25, -0.2) is 4.39 Å². The van der Waals surface area contributed by atoms with E-state index in [4.69, 9.17) is 0 Å². The average molecular weight is 548 g/mol. The minimum atomic E-state index is -0.127. The molecule has 1 aliphatic carbocycles. The number of piperidine rings is 1. The Morgan fingerprint density at radius 2 is 1.55 bits per heavy atom. The molecule has 0 radical (unpaired) electrons. The largest absolute Gasteiger partial charge is 0.367 e. The zero-order valence-corrected chi connectivity index (χ0v) is 24.2. The molecule has 216 valence electrons. The number of hydrogen-bond acceptors (Lipinski definition) is 5. The number of rotatable bonds is 6. The van der Waals surface area contributed by atoms with E-state index in [0.29, 0.717) is 30.3 Å². The highest BCUT2D eigenvalue weighted by Gasteiger charge is 2.38. The van der Waals surface area contributed by atoms with Crippen LogP contribution in [-0.2, 0) is 17.6 Å². The fraction of sp³-hybridized carbons (Fsp3) is 0.606. The lowest BCUT2D eigenvalue weighted by Crippen LogP contribution is -2.58. The third-order valence-corrected chi connectivity index (χ3v) is 10.0. The molecule has 2 aromatic rings. The van der Waals surface area contributed by atoms with Gasteiger partial charge in [-0.1, -0.05) is 36.4 Å². The highest BCUT2D eigenvalue weighted by Crippen LogP contribution is 2.33. The molecule has 6 rings (SSSR count). The second-order valence-electron chi connectivity index (χ2n) is 12.5. The molecule has 7 heteroatoms. The third kappa shape index (κ3) is 6.22. The molecule has 0 N–H and O–H groups in total. The third-order valence-electron chi connectivity index (χ3n) is 10.0. The molecule has 1 amide bonds. The van der Waals surface area contributed by atoms with E-state index in [1.165, 1.54) is 11.1 Å². The SMILES string of the molecule is CN1CCCN(C(=O)CC[C@H]2CN(C3Cc4ccccc4C3)CC[C@H]2N2CCN(c3ccccc3F)CC2)CC1. The molecular weight excluding hydrogens is 501 g/mol. The topological polar surface area (TPSA) is 33.3 Å². The van der Waals surface area contributed by atoms with Crippen LogP contribution < -0.4 is 4.90 Å². The molecule has 4 aliphatic rings. The number of piperazine rings is 1. The molecule has 3 heterocycles. The monoisotopic (exact) mass is 547 g/mol. The van der Waals surface area contributed by atoms with Gasteiger partial charge in [0.15, 0.2) is 0 Å². The van der Waals surface area contributed by atoms with Crippen molar-refractivity contribution in [3.8, 4) is 0 Å². The number of para-hydroxylation sites is 1. The van der Waals surface area contributed by atoms with Gasteiger partial charge in [-0.3, -0.25) is 14.6 Å². The van der Waals surface area contributed by atoms with Crippen LogP contribution in [0.3, 0.4) is 0 Å². The first-order chi connectivity index (χ1) is 19.5. The number of halogens is 1. The summed E-state index contributed by atoms with van der Waals surface area (Å²) in [5, 5.41) is 0. The van der Waals surface area contributed by atoms with E-state index in [9.17, 15) is 9.18 Å². The summed E-state index contributed by atoms with van der Waals surface area (Å²) in [6, 6.07) is 17.2. The average Bonchev–Trinajstić information content (AvgIpc) is 3.30. The van der Waals surface area contributed by atoms with Crippen molar-refractivity contribution in [3.63, 3.8) is 0 Å². The molecule has 0 bridgehead atoms. The minimum Gasteiger partial charge on any atom is -0.367 e. The lowest BCUT2D eigenvalue weighted by atomic mass is 9.85. The van der Waals surface area contributed by atoms with Crippen LogP contribution in [0.15, 0.2) is 48.5 Å². The molecule has 6 nitrogen and oxygen atoms in total. The Morgan fingerprint density at radius 3 is 2.30 bits per heavy atom. The number of carbonyl (C=O) groups excluding carboxylic acids is 1. The molecule has 3 fully saturated rings. The molecule has 3 aliphatic heterocycles. The number of anilines is 1. The molecule has 0 aromatic heterocycles. The standard InChI is InChI=1S/C33H46FN5O/c1-35-14-6-15-38(18-17-35)33(40)12-11-28-25-39(29-23-26-7-2-3-8-27(26)24-29)16-13-31(28)36-19-21-37(22-20-36)32-10-5-4-9-30(32)34/h2-5,7-10,28-29,31H,6,11-25H2,1H3/t28-,31+/m0/s1. The van der Waals surface area contributed by atoms with Crippen molar-refractivity contribution in [2.45, 2.75) is 50.6 Å². The van der Waals surface area contributed by atoms with Crippen molar-refractivity contribution in [2.75, 3.05) is 77.4 Å². The lowest BCUT2D eigenvalue weighted by molar-refractivity contribution is -0.131. The van der Waals surface area contributed by atoms with Crippen LogP contribution in [-0.4, -0.2) is 110 Å². The maximum Gasteiger partial charge on any atom is 0.222 e. The highest BCUT2D eigenvalue weighted by atomic mass is 19.1. The normalized spacial score (nSPS) is 25.6. The van der Waals surface area contributed by atoms with Crippen molar-refractivity contribution in [3.05, 3.63) is 65.5 Å². The van der Waals surface area contributed by atoms with E-state index in [0.717, 1.165) is 103 Å². The number of likely N-dealkylation sites (N-methyl/N-ethyl adjacent to an activating group) is 1. The second kappa shape index (κ2) is 12.6. The number of nitrogens with zero attached hydrogens (tertiary/aromatic N) is 5. The number of carbonyl (C=O) groups is 1. The van der Waals surface area contributed by atoms with Crippen LogP contribution in [0.2, 0.25) is 0 Å². The molecular formula is C33H46FN5O. The van der Waals surface area contributed by atoms with Crippen LogP contribution >= 0.6 is 0 Å². The predicted molar refractivity (Wildman–Crippen MR) is 159 cm³/mol. The van der Waals surface area contributed by atoms with E-state index >= 15 is 0 Å². The number of likely N-dealkylation sites (tertiary alicyclic amines) is 1. The summed E-state index contributed by atoms with van der Waals surface area (Å²) in [6.45, 7) is 9.61. The molecule has 3 saturated heterocycles. The van der Waals surface area contributed by atoms with E-state index in [2.05, 4.69) is 55.8 Å². The number of hydrogen-bond donors (Lipinski definition) is 0. The van der Waals surface area contributed by atoms with Crippen molar-refractivity contribution in [1.82, 2.24) is 19.6 Å². The van der Waals surface area contributed by atoms with E-state index in [1.807, 2.05) is 12.1 Å². The van der Waals surface area contributed by atoms with Crippen molar-refractivity contribution < 1.29 is 9.18 Å². The highest BCUT2D eigenvalue weighted by molar-refractivity contribution is 5.76.